The van der Waals surface area contributed by atoms with Gasteiger partial charge in [0.1, 0.15) is 11.4 Å². The fourth-order valence-corrected chi connectivity index (χ4v) is 2.98. The number of unbranched alkanes of at least 4 members (excludes halogenated alkanes) is 6. The molecule has 5 N–H and O–H groups in total. The van der Waals surface area contributed by atoms with Crippen LogP contribution in [0, 0.1) is 5.92 Å². The molecule has 144 valence electrons. The molecule has 0 saturated heterocycles. The Kier molecular flexibility index (Phi) is 9.75. The van der Waals surface area contributed by atoms with Crippen LogP contribution in [0.2, 0.25) is 0 Å². The summed E-state index contributed by atoms with van der Waals surface area (Å²) >= 11 is 0. The Balaban J connectivity index is 2.30. The molecule has 0 aromatic carbocycles. The highest BCUT2D eigenvalue weighted by atomic mass is 16.4. The summed E-state index contributed by atoms with van der Waals surface area (Å²) < 4.78 is 0. The molecule has 25 heavy (non-hydrogen) atoms. The van der Waals surface area contributed by atoms with Gasteiger partial charge < -0.3 is 20.9 Å². The standard InChI is InChI=1S/C19H35N3O3/c1-3-4-5-6-7-8-9-10-16-13-21-17(22-16)12-11-15(2)19(20,14-23)18(24)25/h13,15,23H,3-12,14,20H2,1-2H3,(H,21,22)(H,24,25). The van der Waals surface area contributed by atoms with Crippen molar-refractivity contribution < 1.29 is 15.0 Å². The summed E-state index contributed by atoms with van der Waals surface area (Å²) in [5, 5.41) is 18.5. The average Bonchev–Trinajstić information content (AvgIpc) is 3.05. The van der Waals surface area contributed by atoms with E-state index in [0.717, 1.165) is 17.9 Å². The van der Waals surface area contributed by atoms with Gasteiger partial charge in [-0.05, 0) is 25.2 Å². The molecule has 6 heteroatoms. The maximum atomic E-state index is 11.2. The maximum absolute atomic E-state index is 11.2. The molecular formula is C19H35N3O3. The zero-order valence-electron chi connectivity index (χ0n) is 15.8. The number of carboxylic acids is 1. The first-order valence-corrected chi connectivity index (χ1v) is 9.60. The molecule has 0 spiro atoms. The van der Waals surface area contributed by atoms with Gasteiger partial charge in [-0.3, -0.25) is 4.79 Å². The lowest BCUT2D eigenvalue weighted by molar-refractivity contribution is -0.147. The lowest BCUT2D eigenvalue weighted by Gasteiger charge is -2.28. The third kappa shape index (κ3) is 7.16. The lowest BCUT2D eigenvalue weighted by atomic mass is 9.83. The highest BCUT2D eigenvalue weighted by Gasteiger charge is 2.39. The van der Waals surface area contributed by atoms with Crippen LogP contribution in [0.25, 0.3) is 0 Å². The SMILES string of the molecule is CCCCCCCCCc1cnc(CCC(C)C(N)(CO)C(=O)O)[nH]1. The summed E-state index contributed by atoms with van der Waals surface area (Å²) in [5.74, 6) is -0.649. The van der Waals surface area contributed by atoms with Crippen LogP contribution in [0.3, 0.4) is 0 Å². The topological polar surface area (TPSA) is 112 Å². The van der Waals surface area contributed by atoms with E-state index in [1.807, 2.05) is 6.20 Å². The van der Waals surface area contributed by atoms with E-state index in [9.17, 15) is 15.0 Å². The Morgan fingerprint density at radius 2 is 1.88 bits per heavy atom. The van der Waals surface area contributed by atoms with E-state index in [2.05, 4.69) is 16.9 Å². The number of carbonyl (C=O) groups is 1. The number of imidazole rings is 1. The van der Waals surface area contributed by atoms with E-state index in [4.69, 9.17) is 5.73 Å². The normalized spacial score (nSPS) is 15.0. The molecule has 0 bridgehead atoms. The second-order valence-electron chi connectivity index (χ2n) is 7.17. The summed E-state index contributed by atoms with van der Waals surface area (Å²) in [5.41, 5.74) is 5.34. The molecule has 0 aliphatic heterocycles. The van der Waals surface area contributed by atoms with Crippen molar-refractivity contribution in [3.63, 3.8) is 0 Å². The molecule has 1 heterocycles. The van der Waals surface area contributed by atoms with Crippen molar-refractivity contribution in [1.29, 1.82) is 0 Å². The van der Waals surface area contributed by atoms with Crippen LogP contribution in [-0.2, 0) is 17.6 Å². The molecule has 1 aromatic heterocycles. The minimum atomic E-state index is -1.59. The van der Waals surface area contributed by atoms with Crippen molar-refractivity contribution in [3.8, 4) is 0 Å². The Morgan fingerprint density at radius 3 is 2.48 bits per heavy atom. The molecule has 2 unspecified atom stereocenters. The van der Waals surface area contributed by atoms with Gasteiger partial charge in [0, 0.05) is 18.3 Å². The van der Waals surface area contributed by atoms with Crippen LogP contribution in [0.4, 0.5) is 0 Å². The molecule has 2 atom stereocenters. The highest BCUT2D eigenvalue weighted by molar-refractivity contribution is 5.79. The number of rotatable bonds is 14. The van der Waals surface area contributed by atoms with Gasteiger partial charge in [0.15, 0.2) is 0 Å². The monoisotopic (exact) mass is 353 g/mol. The number of nitrogens with zero attached hydrogens (tertiary/aromatic N) is 1. The van der Waals surface area contributed by atoms with Gasteiger partial charge in [-0.15, -0.1) is 0 Å². The number of aliphatic hydroxyl groups excluding tert-OH is 1. The van der Waals surface area contributed by atoms with Gasteiger partial charge in [0.05, 0.1) is 6.61 Å². The van der Waals surface area contributed by atoms with Gasteiger partial charge in [0.25, 0.3) is 0 Å². The van der Waals surface area contributed by atoms with Gasteiger partial charge in [-0.2, -0.15) is 0 Å². The van der Waals surface area contributed by atoms with E-state index in [-0.39, 0.29) is 5.92 Å². The predicted molar refractivity (Wildman–Crippen MR) is 99.4 cm³/mol. The lowest BCUT2D eigenvalue weighted by Crippen LogP contribution is -2.56. The van der Waals surface area contributed by atoms with Crippen LogP contribution in [-0.4, -0.2) is 38.3 Å². The first kappa shape index (κ1) is 21.6. The number of hydrogen-bond donors (Lipinski definition) is 4. The number of hydrogen-bond acceptors (Lipinski definition) is 4. The van der Waals surface area contributed by atoms with Crippen LogP contribution in [0.15, 0.2) is 6.20 Å². The number of aromatic nitrogens is 2. The van der Waals surface area contributed by atoms with E-state index >= 15 is 0 Å². The Bertz CT molecular complexity index is 504. The number of carboxylic acid groups (broad SMARTS) is 1. The van der Waals surface area contributed by atoms with Gasteiger partial charge in [0.2, 0.25) is 0 Å². The molecule has 0 fully saturated rings. The first-order chi connectivity index (χ1) is 11.9. The molecule has 0 saturated carbocycles. The van der Waals surface area contributed by atoms with E-state index < -0.39 is 18.1 Å². The number of H-pyrrole nitrogens is 1. The van der Waals surface area contributed by atoms with Crippen molar-refractivity contribution in [2.24, 2.45) is 11.7 Å². The van der Waals surface area contributed by atoms with Crippen molar-refractivity contribution in [2.45, 2.75) is 83.6 Å². The fraction of sp³-hybridized carbons (Fsp3) is 0.789. The summed E-state index contributed by atoms with van der Waals surface area (Å²) in [6, 6.07) is 0. The number of aromatic amines is 1. The molecule has 0 amide bonds. The second kappa shape index (κ2) is 11.3. The van der Waals surface area contributed by atoms with E-state index in [1.54, 1.807) is 6.92 Å². The van der Waals surface area contributed by atoms with Crippen molar-refractivity contribution >= 4 is 5.97 Å². The third-order valence-electron chi connectivity index (χ3n) is 5.08. The van der Waals surface area contributed by atoms with E-state index in [0.29, 0.717) is 12.8 Å². The molecule has 0 aliphatic rings. The van der Waals surface area contributed by atoms with Crippen molar-refractivity contribution in [2.75, 3.05) is 6.61 Å². The smallest absolute Gasteiger partial charge is 0.326 e. The van der Waals surface area contributed by atoms with Gasteiger partial charge in [-0.25, -0.2) is 4.98 Å². The first-order valence-electron chi connectivity index (χ1n) is 9.60. The van der Waals surface area contributed by atoms with Crippen LogP contribution >= 0.6 is 0 Å². The summed E-state index contributed by atoms with van der Waals surface area (Å²) in [6.45, 7) is 3.42. The molecule has 6 nitrogen and oxygen atoms in total. The highest BCUT2D eigenvalue weighted by Crippen LogP contribution is 2.20. The predicted octanol–water partition coefficient (Wildman–Crippen LogP) is 3.05. The van der Waals surface area contributed by atoms with Crippen LogP contribution in [0.1, 0.15) is 76.7 Å². The molecular weight excluding hydrogens is 318 g/mol. The zero-order valence-corrected chi connectivity index (χ0v) is 15.8. The molecule has 1 aromatic rings. The zero-order chi connectivity index (χ0) is 18.7. The molecule has 0 radical (unpaired) electrons. The Hall–Kier alpha value is -1.40. The quantitative estimate of drug-likeness (QED) is 0.384. The van der Waals surface area contributed by atoms with Crippen LogP contribution < -0.4 is 5.73 Å². The number of aliphatic hydroxyl groups is 1. The van der Waals surface area contributed by atoms with Crippen LogP contribution in [0.5, 0.6) is 0 Å². The van der Waals surface area contributed by atoms with E-state index in [1.165, 1.54) is 44.9 Å². The maximum Gasteiger partial charge on any atom is 0.326 e. The Labute approximate surface area is 151 Å². The molecule has 0 aliphatic carbocycles. The second-order valence-corrected chi connectivity index (χ2v) is 7.17. The summed E-state index contributed by atoms with van der Waals surface area (Å²) in [7, 11) is 0. The average molecular weight is 354 g/mol. The fourth-order valence-electron chi connectivity index (χ4n) is 2.98. The summed E-state index contributed by atoms with van der Waals surface area (Å²) in [4.78, 5) is 18.9. The van der Waals surface area contributed by atoms with Crippen molar-refractivity contribution in [3.05, 3.63) is 17.7 Å². The largest absolute Gasteiger partial charge is 0.480 e. The number of nitrogens with one attached hydrogen (secondary N) is 1. The van der Waals surface area contributed by atoms with Gasteiger partial charge in [-0.1, -0.05) is 52.4 Å². The molecule has 1 rings (SSSR count). The van der Waals surface area contributed by atoms with Crippen molar-refractivity contribution in [1.82, 2.24) is 9.97 Å². The minimum Gasteiger partial charge on any atom is -0.480 e. The number of aliphatic carboxylic acids is 1. The number of aryl methyl sites for hydroxylation is 2. The van der Waals surface area contributed by atoms with Gasteiger partial charge >= 0.3 is 5.97 Å². The Morgan fingerprint density at radius 1 is 1.24 bits per heavy atom. The summed E-state index contributed by atoms with van der Waals surface area (Å²) in [6.07, 6.45) is 13.1. The minimum absolute atomic E-state index is 0.341. The number of nitrogens with two attached hydrogens (primary N) is 1. The third-order valence-corrected chi connectivity index (χ3v) is 5.08.